The molecule has 0 spiro atoms. The maximum absolute atomic E-state index is 12.8. The standard InChI is InChI=1S/C58H105NO7/c1-6-8-10-12-14-16-18-20-22-24-26-27-28-29-31-33-35-37-39-41-43-45-47-49-57(61)66-54(52-64-51-50-55(58(62)63)59(3,4)5)53-65-56(60)48-46-44-42-40-38-36-34-32-30-25-23-21-19-17-15-13-11-9-7-2/h15,17-18,20-21,23-24,26,54-55H,6-14,16,19,22,25,27-53H2,1-5H3/p+1/b17-15-,20-18-,23-21-,26-24-. The van der Waals surface area contributed by atoms with Crippen LogP contribution in [0.3, 0.4) is 0 Å². The molecule has 0 fully saturated rings. The molecule has 0 aromatic heterocycles. The highest BCUT2D eigenvalue weighted by molar-refractivity contribution is 5.72. The van der Waals surface area contributed by atoms with Gasteiger partial charge in [0.1, 0.15) is 6.61 Å². The molecule has 0 aromatic rings. The third-order valence-electron chi connectivity index (χ3n) is 12.5. The van der Waals surface area contributed by atoms with Crippen molar-refractivity contribution in [3.05, 3.63) is 48.6 Å². The van der Waals surface area contributed by atoms with Gasteiger partial charge in [0.05, 0.1) is 34.4 Å². The Morgan fingerprint density at radius 2 is 0.803 bits per heavy atom. The van der Waals surface area contributed by atoms with Crippen LogP contribution < -0.4 is 0 Å². The lowest BCUT2D eigenvalue weighted by molar-refractivity contribution is -0.887. The van der Waals surface area contributed by atoms with Crippen molar-refractivity contribution in [2.24, 2.45) is 0 Å². The second-order valence-corrected chi connectivity index (χ2v) is 19.8. The Hall–Kier alpha value is -2.71. The van der Waals surface area contributed by atoms with Crippen LogP contribution in [0.5, 0.6) is 0 Å². The van der Waals surface area contributed by atoms with E-state index >= 15 is 0 Å². The summed E-state index contributed by atoms with van der Waals surface area (Å²) in [7, 11) is 5.54. The molecule has 0 amide bonds. The van der Waals surface area contributed by atoms with Gasteiger partial charge < -0.3 is 23.8 Å². The van der Waals surface area contributed by atoms with E-state index in [0.717, 1.165) is 51.4 Å². The number of ether oxygens (including phenoxy) is 3. The van der Waals surface area contributed by atoms with Crippen molar-refractivity contribution in [3.63, 3.8) is 0 Å². The number of carboxylic acids is 1. The van der Waals surface area contributed by atoms with Gasteiger partial charge in [-0.25, -0.2) is 4.79 Å². The zero-order chi connectivity index (χ0) is 48.4. The number of hydrogen-bond acceptors (Lipinski definition) is 6. The molecule has 0 radical (unpaired) electrons. The molecule has 0 aliphatic heterocycles. The Morgan fingerprint density at radius 3 is 1.20 bits per heavy atom. The lowest BCUT2D eigenvalue weighted by atomic mass is 10.0. The second kappa shape index (κ2) is 48.7. The van der Waals surface area contributed by atoms with Crippen LogP contribution in [0.1, 0.15) is 251 Å². The van der Waals surface area contributed by atoms with Crippen molar-refractivity contribution in [2.45, 2.75) is 264 Å². The molecular formula is C58H106NO7+. The van der Waals surface area contributed by atoms with Crippen LogP contribution in [0.4, 0.5) is 0 Å². The summed E-state index contributed by atoms with van der Waals surface area (Å²) in [5.41, 5.74) is 0. The summed E-state index contributed by atoms with van der Waals surface area (Å²) in [6.45, 7) is 4.73. The van der Waals surface area contributed by atoms with Gasteiger partial charge in [-0.2, -0.15) is 0 Å². The summed E-state index contributed by atoms with van der Waals surface area (Å²) >= 11 is 0. The lowest BCUT2D eigenvalue weighted by Gasteiger charge is -2.31. The molecule has 0 bridgehead atoms. The molecule has 0 saturated carbocycles. The number of carbonyl (C=O) groups excluding carboxylic acids is 2. The van der Waals surface area contributed by atoms with Gasteiger partial charge in [0.15, 0.2) is 12.1 Å². The van der Waals surface area contributed by atoms with Crippen LogP contribution in [0.2, 0.25) is 0 Å². The Morgan fingerprint density at radius 1 is 0.455 bits per heavy atom. The Bertz CT molecular complexity index is 1220. The predicted molar refractivity (Wildman–Crippen MR) is 280 cm³/mol. The molecule has 0 heterocycles. The van der Waals surface area contributed by atoms with Crippen molar-refractivity contribution in [2.75, 3.05) is 41.0 Å². The minimum absolute atomic E-state index is 0.0531. The van der Waals surface area contributed by atoms with E-state index in [-0.39, 0.29) is 36.2 Å². The average molecular weight is 929 g/mol. The highest BCUT2D eigenvalue weighted by Gasteiger charge is 2.31. The van der Waals surface area contributed by atoms with Crippen molar-refractivity contribution >= 4 is 17.9 Å². The fraction of sp³-hybridized carbons (Fsp3) is 0.810. The monoisotopic (exact) mass is 929 g/mol. The van der Waals surface area contributed by atoms with E-state index in [1.54, 1.807) is 0 Å². The van der Waals surface area contributed by atoms with E-state index in [0.29, 0.717) is 19.3 Å². The molecular weight excluding hydrogens is 823 g/mol. The van der Waals surface area contributed by atoms with Crippen molar-refractivity contribution in [3.8, 4) is 0 Å². The van der Waals surface area contributed by atoms with E-state index in [2.05, 4.69) is 62.5 Å². The number of aliphatic carboxylic acids is 1. The van der Waals surface area contributed by atoms with E-state index in [4.69, 9.17) is 14.2 Å². The summed E-state index contributed by atoms with van der Waals surface area (Å²) in [6.07, 6.45) is 60.2. The first-order chi connectivity index (χ1) is 32.1. The Labute approximate surface area is 407 Å². The van der Waals surface area contributed by atoms with Crippen LogP contribution in [0, 0.1) is 0 Å². The van der Waals surface area contributed by atoms with Crippen LogP contribution in [-0.2, 0) is 28.6 Å². The first-order valence-corrected chi connectivity index (χ1v) is 27.7. The first kappa shape index (κ1) is 63.3. The molecule has 0 aliphatic rings. The van der Waals surface area contributed by atoms with E-state index < -0.39 is 18.1 Å². The van der Waals surface area contributed by atoms with Crippen molar-refractivity contribution in [1.29, 1.82) is 0 Å². The SMILES string of the molecule is CCCCC/C=C\C/C=C\CCCCCCCCCCCC(=O)OCC(COCCC(C(=O)O)[N+](C)(C)C)OC(=O)CCCCCCCCCCCCC/C=C\C/C=C\CCCCCCC. The Balaban J connectivity index is 4.20. The van der Waals surface area contributed by atoms with Gasteiger partial charge >= 0.3 is 17.9 Å². The minimum Gasteiger partial charge on any atom is -0.477 e. The largest absolute Gasteiger partial charge is 0.477 e. The summed E-state index contributed by atoms with van der Waals surface area (Å²) < 4.78 is 17.4. The molecule has 2 atom stereocenters. The van der Waals surface area contributed by atoms with E-state index in [9.17, 15) is 19.5 Å². The number of likely N-dealkylation sites (N-methyl/N-ethyl adjacent to an activating group) is 1. The topological polar surface area (TPSA) is 99.1 Å². The number of allylic oxidation sites excluding steroid dienone is 8. The smallest absolute Gasteiger partial charge is 0.362 e. The van der Waals surface area contributed by atoms with Gasteiger partial charge in [0.2, 0.25) is 0 Å². The number of esters is 2. The zero-order valence-electron chi connectivity index (χ0n) is 43.9. The summed E-state index contributed by atoms with van der Waals surface area (Å²) in [4.78, 5) is 37.2. The summed E-state index contributed by atoms with van der Waals surface area (Å²) in [6, 6.07) is -0.617. The number of carboxylic acid groups (broad SMARTS) is 1. The number of hydrogen-bond donors (Lipinski definition) is 1. The molecule has 8 heteroatoms. The maximum atomic E-state index is 12.8. The summed E-state index contributed by atoms with van der Waals surface area (Å²) in [5.74, 6) is -1.46. The molecule has 66 heavy (non-hydrogen) atoms. The number of rotatable bonds is 50. The summed E-state index contributed by atoms with van der Waals surface area (Å²) in [5, 5.41) is 9.67. The van der Waals surface area contributed by atoms with Crippen LogP contribution >= 0.6 is 0 Å². The Kier molecular flexibility index (Phi) is 46.7. The van der Waals surface area contributed by atoms with Crippen LogP contribution in [-0.4, -0.2) is 80.6 Å². The van der Waals surface area contributed by atoms with E-state index in [1.807, 2.05) is 21.1 Å². The minimum atomic E-state index is -0.874. The molecule has 1 N–H and O–H groups in total. The fourth-order valence-electron chi connectivity index (χ4n) is 8.15. The molecule has 0 aliphatic carbocycles. The molecule has 0 aromatic carbocycles. The highest BCUT2D eigenvalue weighted by atomic mass is 16.6. The third kappa shape index (κ3) is 46.4. The first-order valence-electron chi connectivity index (χ1n) is 27.7. The molecule has 8 nitrogen and oxygen atoms in total. The van der Waals surface area contributed by atoms with Gasteiger partial charge in [-0.3, -0.25) is 9.59 Å². The number of quaternary nitrogens is 1. The average Bonchev–Trinajstić information content (AvgIpc) is 3.28. The molecule has 0 rings (SSSR count). The van der Waals surface area contributed by atoms with Gasteiger partial charge in [-0.1, -0.05) is 204 Å². The quantitative estimate of drug-likeness (QED) is 0.0281. The third-order valence-corrected chi connectivity index (χ3v) is 12.5. The second-order valence-electron chi connectivity index (χ2n) is 19.8. The van der Waals surface area contributed by atoms with E-state index in [1.165, 1.54) is 167 Å². The van der Waals surface area contributed by atoms with Gasteiger partial charge in [-0.05, 0) is 77.0 Å². The fourth-order valence-corrected chi connectivity index (χ4v) is 8.15. The lowest BCUT2D eigenvalue weighted by Crippen LogP contribution is -2.50. The predicted octanol–water partition coefficient (Wildman–Crippen LogP) is 16.3. The molecule has 0 saturated heterocycles. The number of nitrogens with zero attached hydrogens (tertiary/aromatic N) is 1. The van der Waals surface area contributed by atoms with Gasteiger partial charge in [0.25, 0.3) is 0 Å². The van der Waals surface area contributed by atoms with Gasteiger partial charge in [0, 0.05) is 19.3 Å². The molecule has 384 valence electrons. The van der Waals surface area contributed by atoms with Gasteiger partial charge in [-0.15, -0.1) is 0 Å². The normalized spacial score (nSPS) is 13.2. The number of unbranched alkanes of at least 4 members (excludes halogenated alkanes) is 28. The van der Waals surface area contributed by atoms with Crippen molar-refractivity contribution in [1.82, 2.24) is 0 Å². The zero-order valence-corrected chi connectivity index (χ0v) is 43.9. The van der Waals surface area contributed by atoms with Crippen molar-refractivity contribution < 1.29 is 38.2 Å². The maximum Gasteiger partial charge on any atom is 0.362 e. The van der Waals surface area contributed by atoms with Crippen LogP contribution in [0.15, 0.2) is 48.6 Å². The van der Waals surface area contributed by atoms with Crippen LogP contribution in [0.25, 0.3) is 0 Å². The molecule has 2 unspecified atom stereocenters. The number of carbonyl (C=O) groups is 3. The highest BCUT2D eigenvalue weighted by Crippen LogP contribution is 2.16.